The van der Waals surface area contributed by atoms with Gasteiger partial charge in [0.2, 0.25) is 0 Å². The molecule has 5 heteroatoms. The number of esters is 2. The highest BCUT2D eigenvalue weighted by molar-refractivity contribution is 8.00. The Labute approximate surface area is 171 Å². The zero-order valence-corrected chi connectivity index (χ0v) is 18.9. The van der Waals surface area contributed by atoms with E-state index < -0.39 is 0 Å². The van der Waals surface area contributed by atoms with Crippen LogP contribution in [0, 0.1) is 0 Å². The molecule has 0 saturated heterocycles. The van der Waals surface area contributed by atoms with Crippen LogP contribution in [0.3, 0.4) is 0 Å². The molecule has 0 saturated carbocycles. The molecule has 0 aliphatic carbocycles. The van der Waals surface area contributed by atoms with E-state index in [1.165, 1.54) is 63.1 Å². The molecular formula is C22H42O4S. The molecule has 0 rings (SSSR count). The fraction of sp³-hybridized carbons (Fsp3) is 0.909. The number of carbonyl (C=O) groups excluding carboxylic acids is 2. The summed E-state index contributed by atoms with van der Waals surface area (Å²) in [5, 5.41) is 0. The summed E-state index contributed by atoms with van der Waals surface area (Å²) >= 11 is 1.37. The molecule has 0 fully saturated rings. The summed E-state index contributed by atoms with van der Waals surface area (Å²) in [5.74, 6) is -0.313. The molecule has 0 spiro atoms. The lowest BCUT2D eigenvalue weighted by molar-refractivity contribution is -0.145. The predicted molar refractivity (Wildman–Crippen MR) is 115 cm³/mol. The molecule has 4 nitrogen and oxygen atoms in total. The molecule has 0 aliphatic heterocycles. The summed E-state index contributed by atoms with van der Waals surface area (Å²) in [6, 6.07) is 0. The maximum atomic E-state index is 11.9. The van der Waals surface area contributed by atoms with Crippen molar-refractivity contribution in [2.24, 2.45) is 0 Å². The van der Waals surface area contributed by atoms with Crippen LogP contribution in [0.15, 0.2) is 0 Å². The molecule has 0 heterocycles. The molecule has 160 valence electrons. The average molecular weight is 403 g/mol. The summed E-state index contributed by atoms with van der Waals surface area (Å²) in [6.45, 7) is 8.07. The van der Waals surface area contributed by atoms with E-state index in [1.807, 2.05) is 13.8 Å². The van der Waals surface area contributed by atoms with Gasteiger partial charge in [-0.2, -0.15) is 0 Å². The Morgan fingerprint density at radius 3 is 1.33 bits per heavy atom. The van der Waals surface area contributed by atoms with Crippen molar-refractivity contribution in [3.63, 3.8) is 0 Å². The maximum Gasteiger partial charge on any atom is 0.306 e. The number of rotatable bonds is 18. The lowest BCUT2D eigenvalue weighted by Gasteiger charge is -2.18. The number of ether oxygens (including phenoxy) is 2. The summed E-state index contributed by atoms with van der Waals surface area (Å²) in [7, 11) is 0. The van der Waals surface area contributed by atoms with Gasteiger partial charge in [0.05, 0.1) is 0 Å². The van der Waals surface area contributed by atoms with Crippen molar-refractivity contribution in [3.05, 3.63) is 0 Å². The van der Waals surface area contributed by atoms with Crippen molar-refractivity contribution >= 4 is 23.7 Å². The summed E-state index contributed by atoms with van der Waals surface area (Å²) < 4.78 is 10.8. The van der Waals surface area contributed by atoms with Crippen LogP contribution in [-0.4, -0.2) is 22.8 Å². The average Bonchev–Trinajstić information content (AvgIpc) is 2.60. The topological polar surface area (TPSA) is 52.6 Å². The van der Waals surface area contributed by atoms with E-state index in [1.54, 1.807) is 0 Å². The van der Waals surface area contributed by atoms with Crippen molar-refractivity contribution in [2.45, 2.75) is 128 Å². The van der Waals surface area contributed by atoms with Crippen molar-refractivity contribution < 1.29 is 19.1 Å². The number of hydrogen-bond acceptors (Lipinski definition) is 5. The highest BCUT2D eigenvalue weighted by Gasteiger charge is 2.16. The quantitative estimate of drug-likeness (QED) is 0.140. The van der Waals surface area contributed by atoms with Crippen LogP contribution in [0.5, 0.6) is 0 Å². The van der Waals surface area contributed by atoms with E-state index in [4.69, 9.17) is 9.47 Å². The molecule has 0 aromatic heterocycles. The first-order chi connectivity index (χ1) is 13.0. The fourth-order valence-corrected chi connectivity index (χ4v) is 3.78. The van der Waals surface area contributed by atoms with Gasteiger partial charge in [-0.05, 0) is 26.7 Å². The smallest absolute Gasteiger partial charge is 0.306 e. The number of unbranched alkanes of at least 4 members (excludes halogenated alkanes) is 10. The predicted octanol–water partition coefficient (Wildman–Crippen LogP) is 7.00. The van der Waals surface area contributed by atoms with E-state index in [9.17, 15) is 9.59 Å². The van der Waals surface area contributed by atoms with Crippen LogP contribution < -0.4 is 0 Å². The van der Waals surface area contributed by atoms with Gasteiger partial charge in [-0.25, -0.2) is 0 Å². The molecule has 2 unspecified atom stereocenters. The largest absolute Gasteiger partial charge is 0.451 e. The lowest BCUT2D eigenvalue weighted by Crippen LogP contribution is -2.18. The van der Waals surface area contributed by atoms with E-state index in [2.05, 4.69) is 13.8 Å². The van der Waals surface area contributed by atoms with Crippen LogP contribution in [-0.2, 0) is 19.1 Å². The summed E-state index contributed by atoms with van der Waals surface area (Å²) in [4.78, 5) is 23.7. The van der Waals surface area contributed by atoms with E-state index in [0.717, 1.165) is 25.7 Å². The van der Waals surface area contributed by atoms with E-state index >= 15 is 0 Å². The lowest BCUT2D eigenvalue weighted by atomic mass is 10.1. The van der Waals surface area contributed by atoms with Gasteiger partial charge >= 0.3 is 11.9 Å². The third kappa shape index (κ3) is 18.4. The molecule has 0 amide bonds. The Kier molecular flexibility index (Phi) is 18.2. The highest BCUT2D eigenvalue weighted by atomic mass is 32.2. The number of carbonyl (C=O) groups is 2. The van der Waals surface area contributed by atoms with Gasteiger partial charge in [0, 0.05) is 12.8 Å². The second kappa shape index (κ2) is 18.6. The number of thioether (sulfide) groups is 1. The molecule has 0 aliphatic rings. The second-order valence-corrected chi connectivity index (χ2v) is 8.89. The molecule has 0 radical (unpaired) electrons. The van der Waals surface area contributed by atoms with Crippen molar-refractivity contribution in [1.29, 1.82) is 0 Å². The normalized spacial score (nSPS) is 13.2. The van der Waals surface area contributed by atoms with Gasteiger partial charge in [0.1, 0.15) is 10.9 Å². The Bertz CT molecular complexity index is 339. The Morgan fingerprint density at radius 2 is 0.963 bits per heavy atom. The van der Waals surface area contributed by atoms with Crippen LogP contribution in [0.4, 0.5) is 0 Å². The van der Waals surface area contributed by atoms with E-state index in [0.29, 0.717) is 12.8 Å². The maximum absolute atomic E-state index is 11.9. The molecule has 2 atom stereocenters. The Morgan fingerprint density at radius 1 is 0.630 bits per heavy atom. The van der Waals surface area contributed by atoms with Gasteiger partial charge in [-0.1, -0.05) is 89.8 Å². The molecule has 0 aromatic rings. The Hall–Kier alpha value is -0.710. The van der Waals surface area contributed by atoms with Crippen molar-refractivity contribution in [2.75, 3.05) is 0 Å². The molecule has 0 N–H and O–H groups in total. The summed E-state index contributed by atoms with van der Waals surface area (Å²) in [5.41, 5.74) is -0.594. The highest BCUT2D eigenvalue weighted by Crippen LogP contribution is 2.21. The van der Waals surface area contributed by atoms with Gasteiger partial charge in [-0.3, -0.25) is 9.59 Å². The molecule has 0 aromatic carbocycles. The minimum atomic E-state index is -0.297. The second-order valence-electron chi connectivity index (χ2n) is 7.29. The standard InChI is InChI=1S/C22H42O4S/c1-5-7-9-11-13-15-17-21(23)25-19(3)27-20(4)26-22(24)18-16-14-12-10-8-6-2/h19-20H,5-18H2,1-4H3. The van der Waals surface area contributed by atoms with Gasteiger partial charge < -0.3 is 9.47 Å². The first kappa shape index (κ1) is 26.3. The molecule has 0 bridgehead atoms. The van der Waals surface area contributed by atoms with Crippen LogP contribution in [0.25, 0.3) is 0 Å². The van der Waals surface area contributed by atoms with Crippen LogP contribution in [0.1, 0.15) is 118 Å². The summed E-state index contributed by atoms with van der Waals surface area (Å²) in [6.07, 6.45) is 14.8. The van der Waals surface area contributed by atoms with Crippen molar-refractivity contribution in [1.82, 2.24) is 0 Å². The van der Waals surface area contributed by atoms with Gasteiger partial charge in [0.15, 0.2) is 0 Å². The SMILES string of the molecule is CCCCCCCCC(=O)OC(C)SC(C)OC(=O)CCCCCCCC. The molecule has 27 heavy (non-hydrogen) atoms. The fourth-order valence-electron chi connectivity index (χ4n) is 2.91. The first-order valence-electron chi connectivity index (χ1n) is 11.0. The number of hydrogen-bond donors (Lipinski definition) is 0. The van der Waals surface area contributed by atoms with Crippen molar-refractivity contribution in [3.8, 4) is 0 Å². The van der Waals surface area contributed by atoms with Gasteiger partial charge in [0.25, 0.3) is 0 Å². The zero-order valence-electron chi connectivity index (χ0n) is 18.1. The minimum Gasteiger partial charge on any atom is -0.451 e. The zero-order chi connectivity index (χ0) is 20.3. The first-order valence-corrected chi connectivity index (χ1v) is 12.0. The third-order valence-corrected chi connectivity index (χ3v) is 5.41. The van der Waals surface area contributed by atoms with Crippen LogP contribution >= 0.6 is 11.8 Å². The monoisotopic (exact) mass is 402 g/mol. The van der Waals surface area contributed by atoms with Gasteiger partial charge in [-0.15, -0.1) is 0 Å². The third-order valence-electron chi connectivity index (χ3n) is 4.45. The van der Waals surface area contributed by atoms with E-state index in [-0.39, 0.29) is 22.8 Å². The minimum absolute atomic E-state index is 0.156. The molecular weight excluding hydrogens is 360 g/mol. The van der Waals surface area contributed by atoms with Crippen LogP contribution in [0.2, 0.25) is 0 Å². The Balaban J connectivity index is 3.70.